The Balaban J connectivity index is 2.69. The van der Waals surface area contributed by atoms with Gasteiger partial charge in [0.1, 0.15) is 0 Å². The van der Waals surface area contributed by atoms with Gasteiger partial charge in [-0.15, -0.1) is 0 Å². The molecule has 3 nitrogen and oxygen atoms in total. The van der Waals surface area contributed by atoms with Gasteiger partial charge in [0.15, 0.2) is 0 Å². The zero-order chi connectivity index (χ0) is 12.5. The van der Waals surface area contributed by atoms with E-state index in [4.69, 9.17) is 8.85 Å². The first kappa shape index (κ1) is 14.1. The van der Waals surface area contributed by atoms with E-state index in [1.165, 1.54) is 0 Å². The summed E-state index contributed by atoms with van der Waals surface area (Å²) in [5.41, 5.74) is 1.31. The van der Waals surface area contributed by atoms with Crippen LogP contribution in [0.4, 0.5) is 0 Å². The maximum Gasteiger partial charge on any atom is 0.346 e. The van der Waals surface area contributed by atoms with Crippen LogP contribution in [0.1, 0.15) is 25.3 Å². The minimum Gasteiger partial charge on any atom is -0.399 e. The van der Waals surface area contributed by atoms with Gasteiger partial charge in [-0.05, 0) is 12.0 Å². The summed E-state index contributed by atoms with van der Waals surface area (Å²) in [6.45, 7) is 2.15. The molecule has 0 spiro atoms. The van der Waals surface area contributed by atoms with Gasteiger partial charge in [0.2, 0.25) is 0 Å². The Labute approximate surface area is 105 Å². The summed E-state index contributed by atoms with van der Waals surface area (Å²) in [6, 6.07) is 10.1. The zero-order valence-electron chi connectivity index (χ0n) is 10.8. The molecule has 1 atom stereocenters. The van der Waals surface area contributed by atoms with E-state index in [0.717, 1.165) is 18.4 Å². The third kappa shape index (κ3) is 4.81. The van der Waals surface area contributed by atoms with Crippen molar-refractivity contribution < 1.29 is 8.85 Å². The van der Waals surface area contributed by atoms with Crippen LogP contribution in [-0.4, -0.2) is 35.4 Å². The highest BCUT2D eigenvalue weighted by molar-refractivity contribution is 6.46. The van der Waals surface area contributed by atoms with Gasteiger partial charge < -0.3 is 8.85 Å². The van der Waals surface area contributed by atoms with Gasteiger partial charge in [0.05, 0.1) is 5.67 Å². The van der Waals surface area contributed by atoms with Gasteiger partial charge in [-0.25, -0.2) is 0 Å². The van der Waals surface area contributed by atoms with Crippen molar-refractivity contribution in [1.82, 2.24) is 0 Å². The Morgan fingerprint density at radius 1 is 1.24 bits per heavy atom. The molecular formula is C13H21NO2Si. The lowest BCUT2D eigenvalue weighted by atomic mass is 10.2. The summed E-state index contributed by atoms with van der Waals surface area (Å²) >= 11 is 0. The lowest BCUT2D eigenvalue weighted by Crippen LogP contribution is -2.34. The standard InChI is InChI=1S/C13H21NO2Si/c1-4-8-13(17(15-2)16-3)14-11-12-9-6-5-7-10-12/h5-7,9-11,13,17H,4,8H2,1-3H3. The predicted octanol–water partition coefficient (Wildman–Crippen LogP) is 2.33. The number of hydrogen-bond acceptors (Lipinski definition) is 3. The second-order valence-corrected chi connectivity index (χ2v) is 6.33. The Kier molecular flexibility index (Phi) is 6.77. The Bertz CT molecular complexity index is 325. The van der Waals surface area contributed by atoms with E-state index < -0.39 is 9.28 Å². The van der Waals surface area contributed by atoms with Crippen molar-refractivity contribution in [3.8, 4) is 0 Å². The molecule has 0 aliphatic carbocycles. The van der Waals surface area contributed by atoms with E-state index in [0.29, 0.717) is 0 Å². The van der Waals surface area contributed by atoms with Crippen LogP contribution < -0.4 is 0 Å². The zero-order valence-corrected chi connectivity index (χ0v) is 12.0. The normalized spacial score (nSPS) is 13.4. The minimum atomic E-state index is -1.66. The van der Waals surface area contributed by atoms with Crippen LogP contribution in [0.5, 0.6) is 0 Å². The summed E-state index contributed by atoms with van der Waals surface area (Å²) in [7, 11) is 1.75. The van der Waals surface area contributed by atoms with Gasteiger partial charge in [-0.2, -0.15) is 0 Å². The first-order valence-electron chi connectivity index (χ1n) is 5.95. The SMILES string of the molecule is CCCC(N=Cc1ccccc1)[SiH](OC)OC. The third-order valence-electron chi connectivity index (χ3n) is 2.58. The van der Waals surface area contributed by atoms with Crippen LogP contribution in [0.3, 0.4) is 0 Å². The van der Waals surface area contributed by atoms with Crippen molar-refractivity contribution in [3.05, 3.63) is 35.9 Å². The van der Waals surface area contributed by atoms with Crippen molar-refractivity contribution >= 4 is 15.5 Å². The van der Waals surface area contributed by atoms with Gasteiger partial charge in [0, 0.05) is 20.4 Å². The summed E-state index contributed by atoms with van der Waals surface area (Å²) in [4.78, 5) is 4.61. The van der Waals surface area contributed by atoms with Crippen molar-refractivity contribution in [2.45, 2.75) is 25.4 Å². The summed E-state index contributed by atoms with van der Waals surface area (Å²) in [6.07, 6.45) is 4.02. The van der Waals surface area contributed by atoms with E-state index in [1.54, 1.807) is 14.2 Å². The van der Waals surface area contributed by atoms with Crippen LogP contribution >= 0.6 is 0 Å². The maximum absolute atomic E-state index is 5.41. The van der Waals surface area contributed by atoms with Crippen LogP contribution in [0.25, 0.3) is 0 Å². The first-order valence-corrected chi connectivity index (χ1v) is 7.56. The second-order valence-electron chi connectivity index (χ2n) is 3.88. The average Bonchev–Trinajstić information content (AvgIpc) is 2.38. The molecule has 0 heterocycles. The lowest BCUT2D eigenvalue weighted by Gasteiger charge is -2.18. The maximum atomic E-state index is 5.41. The Morgan fingerprint density at radius 3 is 2.41 bits per heavy atom. The minimum absolute atomic E-state index is 0.190. The van der Waals surface area contributed by atoms with Crippen molar-refractivity contribution in [2.75, 3.05) is 14.2 Å². The average molecular weight is 251 g/mol. The molecule has 0 fully saturated rings. The highest BCUT2D eigenvalue weighted by Gasteiger charge is 2.22. The molecule has 1 aromatic carbocycles. The molecule has 1 aromatic rings. The number of benzene rings is 1. The molecule has 0 saturated heterocycles. The molecule has 0 aliphatic rings. The third-order valence-corrected chi connectivity index (χ3v) is 4.64. The Hall–Kier alpha value is -0.973. The number of aliphatic imine (C=N–C) groups is 1. The van der Waals surface area contributed by atoms with E-state index in [2.05, 4.69) is 11.9 Å². The molecule has 0 radical (unpaired) electrons. The number of rotatable bonds is 7. The van der Waals surface area contributed by atoms with Crippen molar-refractivity contribution in [2.24, 2.45) is 4.99 Å². The monoisotopic (exact) mass is 251 g/mol. The summed E-state index contributed by atoms with van der Waals surface area (Å²) in [5.74, 6) is 0. The largest absolute Gasteiger partial charge is 0.399 e. The highest BCUT2D eigenvalue weighted by Crippen LogP contribution is 2.08. The first-order chi connectivity index (χ1) is 8.31. The molecule has 0 aromatic heterocycles. The fraction of sp³-hybridized carbons (Fsp3) is 0.462. The molecular weight excluding hydrogens is 230 g/mol. The molecule has 0 aliphatic heterocycles. The molecule has 1 rings (SSSR count). The fourth-order valence-corrected chi connectivity index (χ4v) is 3.36. The number of nitrogens with zero attached hydrogens (tertiary/aromatic N) is 1. The smallest absolute Gasteiger partial charge is 0.346 e. The molecule has 1 unspecified atom stereocenters. The van der Waals surface area contributed by atoms with Crippen LogP contribution in [0, 0.1) is 0 Å². The number of hydrogen-bond donors (Lipinski definition) is 0. The summed E-state index contributed by atoms with van der Waals surface area (Å²) < 4.78 is 10.8. The summed E-state index contributed by atoms with van der Waals surface area (Å²) in [5, 5.41) is 0. The van der Waals surface area contributed by atoms with Crippen molar-refractivity contribution in [3.63, 3.8) is 0 Å². The topological polar surface area (TPSA) is 30.8 Å². The molecule has 0 amide bonds. The van der Waals surface area contributed by atoms with Crippen LogP contribution in [0.15, 0.2) is 35.3 Å². The predicted molar refractivity (Wildman–Crippen MR) is 73.9 cm³/mol. The second kappa shape index (κ2) is 8.17. The van der Waals surface area contributed by atoms with E-state index in [-0.39, 0.29) is 5.67 Å². The van der Waals surface area contributed by atoms with Gasteiger partial charge in [0.25, 0.3) is 0 Å². The van der Waals surface area contributed by atoms with E-state index in [9.17, 15) is 0 Å². The molecule has 0 bridgehead atoms. The highest BCUT2D eigenvalue weighted by atomic mass is 28.3. The van der Waals surface area contributed by atoms with Gasteiger partial charge in [-0.1, -0.05) is 43.7 Å². The van der Waals surface area contributed by atoms with Crippen LogP contribution in [-0.2, 0) is 8.85 Å². The molecule has 17 heavy (non-hydrogen) atoms. The lowest BCUT2D eigenvalue weighted by molar-refractivity contribution is 0.264. The quantitative estimate of drug-likeness (QED) is 0.550. The van der Waals surface area contributed by atoms with Gasteiger partial charge in [-0.3, -0.25) is 4.99 Å². The fourth-order valence-electron chi connectivity index (χ4n) is 1.71. The Morgan fingerprint density at radius 2 is 1.88 bits per heavy atom. The molecule has 0 saturated carbocycles. The van der Waals surface area contributed by atoms with Crippen molar-refractivity contribution in [1.29, 1.82) is 0 Å². The van der Waals surface area contributed by atoms with Crippen LogP contribution in [0.2, 0.25) is 0 Å². The van der Waals surface area contributed by atoms with E-state index >= 15 is 0 Å². The molecule has 94 valence electrons. The van der Waals surface area contributed by atoms with Gasteiger partial charge >= 0.3 is 9.28 Å². The molecule has 0 N–H and O–H groups in total. The molecule has 4 heteroatoms. The van der Waals surface area contributed by atoms with E-state index in [1.807, 2.05) is 36.5 Å².